The fourth-order valence-corrected chi connectivity index (χ4v) is 3.79. The van der Waals surface area contributed by atoms with Crippen molar-refractivity contribution in [2.75, 3.05) is 32.1 Å². The van der Waals surface area contributed by atoms with Crippen LogP contribution in [0.1, 0.15) is 34.1 Å². The Morgan fingerprint density at radius 3 is 2.65 bits per heavy atom. The molecule has 0 bridgehead atoms. The molecule has 10 heteroatoms. The molecule has 0 radical (unpaired) electrons. The standard InChI is InChI=1S/C24H32N4O6/c1-6-33-21(29)17-14-28(23(31)34-24(2,3)4)12-10-20(17)27-22(30)26-19-9-11-25-18-8-7-15(32-5)13-16(18)19/h7-9,11,13,17,20H,6,10,12,14H2,1-5H3,(H2,25,26,27,30)/t17-,20+/m1/s1. The van der Waals surface area contributed by atoms with Crippen LogP contribution in [0.5, 0.6) is 5.75 Å². The summed E-state index contributed by atoms with van der Waals surface area (Å²) in [4.78, 5) is 43.8. The van der Waals surface area contributed by atoms with Crippen LogP contribution >= 0.6 is 0 Å². The Hall–Kier alpha value is -3.56. The fourth-order valence-electron chi connectivity index (χ4n) is 3.79. The van der Waals surface area contributed by atoms with Crippen molar-refractivity contribution >= 4 is 34.7 Å². The smallest absolute Gasteiger partial charge is 0.410 e. The number of benzene rings is 1. The Morgan fingerprint density at radius 1 is 1.21 bits per heavy atom. The highest BCUT2D eigenvalue weighted by Gasteiger charge is 2.39. The molecule has 10 nitrogen and oxygen atoms in total. The van der Waals surface area contributed by atoms with Gasteiger partial charge in [-0.3, -0.25) is 9.78 Å². The van der Waals surface area contributed by atoms with Crippen molar-refractivity contribution in [1.82, 2.24) is 15.2 Å². The van der Waals surface area contributed by atoms with E-state index in [2.05, 4.69) is 15.6 Å². The first-order valence-corrected chi connectivity index (χ1v) is 11.3. The first-order chi connectivity index (χ1) is 16.1. The van der Waals surface area contributed by atoms with Gasteiger partial charge in [0.2, 0.25) is 0 Å². The third-order valence-corrected chi connectivity index (χ3v) is 5.37. The van der Waals surface area contributed by atoms with Crippen molar-refractivity contribution in [1.29, 1.82) is 0 Å². The Morgan fingerprint density at radius 2 is 1.97 bits per heavy atom. The number of methoxy groups -OCH3 is 1. The van der Waals surface area contributed by atoms with Crippen LogP contribution in [-0.4, -0.2) is 66.4 Å². The molecule has 184 valence electrons. The molecule has 1 fully saturated rings. The van der Waals surface area contributed by atoms with Crippen molar-refractivity contribution in [3.05, 3.63) is 30.5 Å². The SMILES string of the molecule is CCOC(=O)[C@@H]1CN(C(=O)OC(C)(C)C)CC[C@@H]1NC(=O)Nc1ccnc2ccc(OC)cc12. The normalized spacial score (nSPS) is 18.2. The Balaban J connectivity index is 1.73. The molecule has 2 atom stereocenters. The number of likely N-dealkylation sites (tertiary alicyclic amines) is 1. The molecule has 3 amide bonds. The van der Waals surface area contributed by atoms with Crippen LogP contribution in [0.15, 0.2) is 30.5 Å². The molecule has 1 aromatic heterocycles. The second-order valence-electron chi connectivity index (χ2n) is 9.02. The van der Waals surface area contributed by atoms with Crippen LogP contribution in [0.25, 0.3) is 10.9 Å². The lowest BCUT2D eigenvalue weighted by atomic mass is 9.92. The van der Waals surface area contributed by atoms with Crippen molar-refractivity contribution in [3.63, 3.8) is 0 Å². The van der Waals surface area contributed by atoms with Gasteiger partial charge in [0.25, 0.3) is 0 Å². The first kappa shape index (κ1) is 25.1. The summed E-state index contributed by atoms with van der Waals surface area (Å²) in [6.45, 7) is 7.69. The van der Waals surface area contributed by atoms with Gasteiger partial charge in [0.15, 0.2) is 0 Å². The predicted octanol–water partition coefficient (Wildman–Crippen LogP) is 3.55. The molecule has 1 saturated heterocycles. The number of ether oxygens (including phenoxy) is 3. The number of nitrogens with one attached hydrogen (secondary N) is 2. The fraction of sp³-hybridized carbons (Fsp3) is 0.500. The lowest BCUT2D eigenvalue weighted by Gasteiger charge is -2.38. The number of amides is 3. The van der Waals surface area contributed by atoms with Crippen LogP contribution in [-0.2, 0) is 14.3 Å². The molecule has 1 aliphatic rings. The van der Waals surface area contributed by atoms with Gasteiger partial charge >= 0.3 is 18.1 Å². The number of carbonyl (C=O) groups is 3. The van der Waals surface area contributed by atoms with E-state index in [1.165, 1.54) is 4.90 Å². The molecule has 1 aliphatic heterocycles. The van der Waals surface area contributed by atoms with Crippen LogP contribution in [0.3, 0.4) is 0 Å². The molecule has 2 heterocycles. The molecule has 0 spiro atoms. The zero-order chi connectivity index (χ0) is 24.9. The Labute approximate surface area is 198 Å². The highest BCUT2D eigenvalue weighted by atomic mass is 16.6. The highest BCUT2D eigenvalue weighted by molar-refractivity contribution is 6.00. The number of hydrogen-bond acceptors (Lipinski definition) is 7. The monoisotopic (exact) mass is 472 g/mol. The van der Waals surface area contributed by atoms with E-state index < -0.39 is 35.7 Å². The zero-order valence-corrected chi connectivity index (χ0v) is 20.2. The first-order valence-electron chi connectivity index (χ1n) is 11.3. The van der Waals surface area contributed by atoms with Crippen molar-refractivity contribution < 1.29 is 28.6 Å². The topological polar surface area (TPSA) is 119 Å². The van der Waals surface area contributed by atoms with Crippen molar-refractivity contribution in [3.8, 4) is 5.75 Å². The van der Waals surface area contributed by atoms with Gasteiger partial charge < -0.3 is 29.7 Å². The summed E-state index contributed by atoms with van der Waals surface area (Å²) < 4.78 is 15.9. The second kappa shape index (κ2) is 10.6. The van der Waals surface area contributed by atoms with Gasteiger partial charge in [-0.2, -0.15) is 0 Å². The number of hydrogen-bond donors (Lipinski definition) is 2. The van der Waals surface area contributed by atoms with Crippen LogP contribution < -0.4 is 15.4 Å². The summed E-state index contributed by atoms with van der Waals surface area (Å²) in [5.74, 6) is -0.553. The van der Waals surface area contributed by atoms with Gasteiger partial charge in [-0.05, 0) is 58.4 Å². The lowest BCUT2D eigenvalue weighted by molar-refractivity contribution is -0.150. The minimum Gasteiger partial charge on any atom is -0.497 e. The van der Waals surface area contributed by atoms with Crippen molar-refractivity contribution in [2.24, 2.45) is 5.92 Å². The number of pyridine rings is 1. The number of esters is 1. The number of fused-ring (bicyclic) bond motifs is 1. The minimum absolute atomic E-state index is 0.0913. The number of urea groups is 1. The maximum Gasteiger partial charge on any atom is 0.410 e. The summed E-state index contributed by atoms with van der Waals surface area (Å²) in [5, 5.41) is 6.43. The van der Waals surface area contributed by atoms with E-state index in [4.69, 9.17) is 14.2 Å². The molecular weight excluding hydrogens is 440 g/mol. The van der Waals surface area contributed by atoms with E-state index >= 15 is 0 Å². The molecule has 0 aliphatic carbocycles. The number of piperidine rings is 1. The van der Waals surface area contributed by atoms with Crippen LogP contribution in [0, 0.1) is 5.92 Å². The molecule has 34 heavy (non-hydrogen) atoms. The van der Waals surface area contributed by atoms with Gasteiger partial charge in [-0.25, -0.2) is 9.59 Å². The zero-order valence-electron chi connectivity index (χ0n) is 20.2. The molecule has 3 rings (SSSR count). The Bertz CT molecular complexity index is 1050. The number of aromatic nitrogens is 1. The maximum absolute atomic E-state index is 12.9. The average molecular weight is 473 g/mol. The number of nitrogens with zero attached hydrogens (tertiary/aromatic N) is 2. The quantitative estimate of drug-likeness (QED) is 0.639. The van der Waals surface area contributed by atoms with Gasteiger partial charge in [-0.15, -0.1) is 0 Å². The van der Waals surface area contributed by atoms with E-state index in [0.717, 1.165) is 5.39 Å². The van der Waals surface area contributed by atoms with Crippen LogP contribution in [0.2, 0.25) is 0 Å². The van der Waals surface area contributed by atoms with Gasteiger partial charge in [0.05, 0.1) is 30.8 Å². The molecular formula is C24H32N4O6. The summed E-state index contributed by atoms with van der Waals surface area (Å²) in [5.41, 5.74) is 0.607. The lowest BCUT2D eigenvalue weighted by Crippen LogP contribution is -2.56. The van der Waals surface area contributed by atoms with E-state index in [1.807, 2.05) is 0 Å². The minimum atomic E-state index is -0.721. The number of rotatable bonds is 5. The molecule has 2 aromatic rings. The van der Waals surface area contributed by atoms with E-state index in [9.17, 15) is 14.4 Å². The Kier molecular flexibility index (Phi) is 7.80. The molecule has 1 aromatic carbocycles. The summed E-state index contributed by atoms with van der Waals surface area (Å²) in [7, 11) is 1.57. The predicted molar refractivity (Wildman–Crippen MR) is 127 cm³/mol. The summed E-state index contributed by atoms with van der Waals surface area (Å²) in [6.07, 6.45) is 1.48. The maximum atomic E-state index is 12.9. The third-order valence-electron chi connectivity index (χ3n) is 5.37. The van der Waals surface area contributed by atoms with E-state index in [0.29, 0.717) is 29.9 Å². The number of carbonyl (C=O) groups excluding carboxylic acids is 3. The van der Waals surface area contributed by atoms with Gasteiger partial charge in [0.1, 0.15) is 11.4 Å². The molecule has 0 unspecified atom stereocenters. The van der Waals surface area contributed by atoms with E-state index in [-0.39, 0.29) is 13.2 Å². The highest BCUT2D eigenvalue weighted by Crippen LogP contribution is 2.26. The number of anilines is 1. The summed E-state index contributed by atoms with van der Waals surface area (Å²) in [6, 6.07) is 6.09. The van der Waals surface area contributed by atoms with Crippen molar-refractivity contribution in [2.45, 2.75) is 45.8 Å². The van der Waals surface area contributed by atoms with Gasteiger partial charge in [0, 0.05) is 30.7 Å². The largest absolute Gasteiger partial charge is 0.497 e. The second-order valence-corrected chi connectivity index (χ2v) is 9.02. The molecule has 0 saturated carbocycles. The van der Waals surface area contributed by atoms with Gasteiger partial charge in [-0.1, -0.05) is 0 Å². The van der Waals surface area contributed by atoms with Crippen LogP contribution in [0.4, 0.5) is 15.3 Å². The van der Waals surface area contributed by atoms with E-state index in [1.54, 1.807) is 65.3 Å². The third kappa shape index (κ3) is 6.27. The average Bonchev–Trinajstić information content (AvgIpc) is 2.78. The molecule has 2 N–H and O–H groups in total. The summed E-state index contributed by atoms with van der Waals surface area (Å²) >= 11 is 0.